The molecule has 0 saturated carbocycles. The summed E-state index contributed by atoms with van der Waals surface area (Å²) in [5.74, 6) is 0.815. The van der Waals surface area contributed by atoms with E-state index in [1.165, 1.54) is 0 Å². The first-order valence-electron chi connectivity index (χ1n) is 7.06. The molecule has 3 amide bonds. The molecular formula is C15H14N4O4S. The van der Waals surface area contributed by atoms with Gasteiger partial charge in [-0.25, -0.2) is 13.7 Å². The Morgan fingerprint density at radius 1 is 1.08 bits per heavy atom. The Hall–Kier alpha value is -2.78. The van der Waals surface area contributed by atoms with Crippen LogP contribution in [0, 0.1) is 0 Å². The van der Waals surface area contributed by atoms with Gasteiger partial charge in [-0.1, -0.05) is 0 Å². The Labute approximate surface area is 140 Å². The zero-order valence-electron chi connectivity index (χ0n) is 12.4. The lowest BCUT2D eigenvalue weighted by Crippen LogP contribution is -2.39. The van der Waals surface area contributed by atoms with E-state index < -0.39 is 29.0 Å². The second-order valence-corrected chi connectivity index (χ2v) is 6.19. The van der Waals surface area contributed by atoms with Gasteiger partial charge in [0.25, 0.3) is 5.91 Å². The van der Waals surface area contributed by atoms with E-state index in [1.807, 2.05) is 0 Å². The van der Waals surface area contributed by atoms with Crippen LogP contribution in [0.25, 0.3) is 0 Å². The fourth-order valence-corrected chi connectivity index (χ4v) is 2.89. The molecule has 1 fully saturated rings. The van der Waals surface area contributed by atoms with E-state index in [-0.39, 0.29) is 6.54 Å². The summed E-state index contributed by atoms with van der Waals surface area (Å²) in [5.41, 5.74) is 0. The van der Waals surface area contributed by atoms with Gasteiger partial charge < -0.3 is 10.1 Å². The van der Waals surface area contributed by atoms with Crippen molar-refractivity contribution in [3.63, 3.8) is 0 Å². The van der Waals surface area contributed by atoms with Gasteiger partial charge in [0.15, 0.2) is 0 Å². The van der Waals surface area contributed by atoms with Crippen molar-refractivity contribution in [2.24, 2.45) is 0 Å². The summed E-state index contributed by atoms with van der Waals surface area (Å²) in [4.78, 5) is 26.8. The molecule has 2 unspecified atom stereocenters. The highest BCUT2D eigenvalue weighted by Gasteiger charge is 2.29. The fourth-order valence-electron chi connectivity index (χ4n) is 2.02. The van der Waals surface area contributed by atoms with Crippen LogP contribution in [0.3, 0.4) is 0 Å². The van der Waals surface area contributed by atoms with Crippen molar-refractivity contribution in [2.75, 3.05) is 6.54 Å². The summed E-state index contributed by atoms with van der Waals surface area (Å²) in [5, 5.41) is 4.54. The van der Waals surface area contributed by atoms with Crippen LogP contribution >= 0.6 is 0 Å². The summed E-state index contributed by atoms with van der Waals surface area (Å²) in [6.07, 6.45) is 3.25. The van der Waals surface area contributed by atoms with Gasteiger partial charge in [-0.05, 0) is 36.4 Å². The van der Waals surface area contributed by atoms with Gasteiger partial charge >= 0.3 is 6.03 Å². The number of rotatable bonds is 6. The Balaban J connectivity index is 1.56. The first-order valence-corrected chi connectivity index (χ1v) is 8.21. The molecule has 1 aromatic heterocycles. The zero-order valence-corrected chi connectivity index (χ0v) is 13.2. The van der Waals surface area contributed by atoms with Gasteiger partial charge in [-0.15, -0.1) is 0 Å². The van der Waals surface area contributed by atoms with Crippen LogP contribution in [0.15, 0.2) is 53.7 Å². The third-order valence-corrected chi connectivity index (χ3v) is 4.33. The van der Waals surface area contributed by atoms with E-state index in [9.17, 15) is 13.8 Å². The maximum Gasteiger partial charge on any atom is 0.322 e. The number of benzene rings is 1. The molecule has 0 aliphatic carbocycles. The Morgan fingerprint density at radius 3 is 2.38 bits per heavy atom. The Bertz CT molecular complexity index is 767. The SMILES string of the molecule is O=C1NC(=O)C(CNS(=O)c2ccc(Oc3ccncc3)cc2)N1. The molecule has 1 aliphatic heterocycles. The Morgan fingerprint density at radius 2 is 1.75 bits per heavy atom. The van der Waals surface area contributed by atoms with E-state index >= 15 is 0 Å². The lowest BCUT2D eigenvalue weighted by atomic mass is 10.3. The summed E-state index contributed by atoms with van der Waals surface area (Å²) in [6.45, 7) is 0.0689. The van der Waals surface area contributed by atoms with Crippen molar-refractivity contribution in [2.45, 2.75) is 10.9 Å². The predicted octanol–water partition coefficient (Wildman–Crippen LogP) is 0.694. The molecule has 3 rings (SSSR count). The molecule has 2 heterocycles. The molecule has 0 radical (unpaired) electrons. The number of ether oxygens (including phenoxy) is 1. The molecule has 8 nitrogen and oxygen atoms in total. The van der Waals surface area contributed by atoms with Gasteiger partial charge in [0.05, 0.1) is 4.90 Å². The first-order chi connectivity index (χ1) is 11.6. The molecular weight excluding hydrogens is 332 g/mol. The van der Waals surface area contributed by atoms with Gasteiger partial charge in [-0.2, -0.15) is 0 Å². The van der Waals surface area contributed by atoms with E-state index in [0.29, 0.717) is 16.4 Å². The third kappa shape index (κ3) is 3.94. The molecule has 0 bridgehead atoms. The standard InChI is InChI=1S/C15H14N4O4S/c20-14-13(18-15(21)19-14)9-17-24(22)12-3-1-10(2-4-12)23-11-5-7-16-8-6-11/h1-8,13,17H,9H2,(H2,18,19,20,21). The van der Waals surface area contributed by atoms with E-state index in [1.54, 1.807) is 48.8 Å². The number of hydrogen-bond acceptors (Lipinski definition) is 5. The number of carbonyl (C=O) groups is 2. The van der Waals surface area contributed by atoms with Crippen molar-refractivity contribution in [1.82, 2.24) is 20.3 Å². The second kappa shape index (κ2) is 7.20. The van der Waals surface area contributed by atoms with Crippen molar-refractivity contribution >= 4 is 22.9 Å². The van der Waals surface area contributed by atoms with Crippen LogP contribution in [0.4, 0.5) is 4.79 Å². The van der Waals surface area contributed by atoms with Crippen LogP contribution in [0.5, 0.6) is 11.5 Å². The number of nitrogens with one attached hydrogen (secondary N) is 3. The first kappa shape index (κ1) is 16.1. The summed E-state index contributed by atoms with van der Waals surface area (Å²) >= 11 is 0. The predicted molar refractivity (Wildman–Crippen MR) is 85.6 cm³/mol. The quantitative estimate of drug-likeness (QED) is 0.667. The van der Waals surface area contributed by atoms with Gasteiger partial charge in [-0.3, -0.25) is 15.1 Å². The summed E-state index contributed by atoms with van der Waals surface area (Å²) in [6, 6.07) is 8.90. The van der Waals surface area contributed by atoms with Crippen molar-refractivity contribution < 1.29 is 18.5 Å². The normalized spacial score (nSPS) is 17.9. The zero-order chi connectivity index (χ0) is 16.9. The van der Waals surface area contributed by atoms with Gasteiger partial charge in [0.2, 0.25) is 0 Å². The third-order valence-electron chi connectivity index (χ3n) is 3.20. The largest absolute Gasteiger partial charge is 0.457 e. The number of pyridine rings is 1. The van der Waals surface area contributed by atoms with Crippen LogP contribution < -0.4 is 20.1 Å². The maximum atomic E-state index is 12.2. The molecule has 24 heavy (non-hydrogen) atoms. The molecule has 124 valence electrons. The number of hydrogen-bond donors (Lipinski definition) is 3. The van der Waals surface area contributed by atoms with Crippen LogP contribution in [0.1, 0.15) is 0 Å². The number of aromatic nitrogens is 1. The number of nitrogens with zero attached hydrogens (tertiary/aromatic N) is 1. The highest BCUT2D eigenvalue weighted by Crippen LogP contribution is 2.21. The molecule has 2 aromatic rings. The van der Waals surface area contributed by atoms with Crippen LogP contribution in [-0.4, -0.2) is 33.7 Å². The highest BCUT2D eigenvalue weighted by molar-refractivity contribution is 7.83. The lowest BCUT2D eigenvalue weighted by Gasteiger charge is -2.09. The average molecular weight is 346 g/mol. The number of imide groups is 1. The highest BCUT2D eigenvalue weighted by atomic mass is 32.2. The Kier molecular flexibility index (Phi) is 4.82. The minimum Gasteiger partial charge on any atom is -0.457 e. The van der Waals surface area contributed by atoms with Crippen molar-refractivity contribution in [1.29, 1.82) is 0 Å². The molecule has 1 aromatic carbocycles. The maximum absolute atomic E-state index is 12.2. The van der Waals surface area contributed by atoms with Crippen molar-refractivity contribution in [3.05, 3.63) is 48.8 Å². The fraction of sp³-hybridized carbons (Fsp3) is 0.133. The monoisotopic (exact) mass is 346 g/mol. The summed E-state index contributed by atoms with van der Waals surface area (Å²) in [7, 11) is -1.51. The van der Waals surface area contributed by atoms with Gasteiger partial charge in [0, 0.05) is 18.9 Å². The van der Waals surface area contributed by atoms with Crippen LogP contribution in [0.2, 0.25) is 0 Å². The minimum atomic E-state index is -1.51. The topological polar surface area (TPSA) is 109 Å². The van der Waals surface area contributed by atoms with E-state index in [4.69, 9.17) is 4.74 Å². The number of carbonyl (C=O) groups excluding carboxylic acids is 2. The molecule has 9 heteroatoms. The number of amides is 3. The molecule has 0 spiro atoms. The second-order valence-electron chi connectivity index (χ2n) is 4.89. The molecule has 3 N–H and O–H groups in total. The van der Waals surface area contributed by atoms with Crippen molar-refractivity contribution in [3.8, 4) is 11.5 Å². The molecule has 1 saturated heterocycles. The van der Waals surface area contributed by atoms with Crippen LogP contribution in [-0.2, 0) is 15.8 Å². The lowest BCUT2D eigenvalue weighted by molar-refractivity contribution is -0.120. The number of urea groups is 1. The average Bonchev–Trinajstić information content (AvgIpc) is 2.92. The minimum absolute atomic E-state index is 0.0689. The van der Waals surface area contributed by atoms with Gasteiger partial charge in [0.1, 0.15) is 28.5 Å². The van der Waals surface area contributed by atoms with E-state index in [0.717, 1.165) is 0 Å². The van der Waals surface area contributed by atoms with E-state index in [2.05, 4.69) is 20.3 Å². The molecule has 1 aliphatic rings. The smallest absolute Gasteiger partial charge is 0.322 e. The molecule has 2 atom stereocenters. The summed E-state index contributed by atoms with van der Waals surface area (Å²) < 4.78 is 20.5.